The van der Waals surface area contributed by atoms with Gasteiger partial charge in [0.1, 0.15) is 0 Å². The molecule has 1 aromatic rings. The third kappa shape index (κ3) is 3.98. The van der Waals surface area contributed by atoms with Gasteiger partial charge in [-0.25, -0.2) is 8.42 Å². The Labute approximate surface area is 131 Å². The summed E-state index contributed by atoms with van der Waals surface area (Å²) in [5, 5.41) is 2.99. The number of anilines is 1. The Morgan fingerprint density at radius 2 is 2.09 bits per heavy atom. The number of sulfone groups is 1. The molecule has 7 heteroatoms. The van der Waals surface area contributed by atoms with Crippen molar-refractivity contribution in [3.8, 4) is 0 Å². The predicted octanol–water partition coefficient (Wildman–Crippen LogP) is 1.32. The summed E-state index contributed by atoms with van der Waals surface area (Å²) in [5.74, 6) is 0.222. The molecule has 2 rings (SSSR count). The van der Waals surface area contributed by atoms with Crippen LogP contribution in [0.1, 0.15) is 18.4 Å². The second kappa shape index (κ2) is 6.66. The summed E-state index contributed by atoms with van der Waals surface area (Å²) < 4.78 is 28.7. The van der Waals surface area contributed by atoms with Gasteiger partial charge < -0.3 is 15.8 Å². The first-order chi connectivity index (χ1) is 10.3. The fourth-order valence-electron chi connectivity index (χ4n) is 2.53. The van der Waals surface area contributed by atoms with Gasteiger partial charge in [-0.2, -0.15) is 0 Å². The number of guanidine groups is 1. The summed E-state index contributed by atoms with van der Waals surface area (Å²) >= 11 is 0. The fraction of sp³-hybridized carbons (Fsp3) is 0.533. The average Bonchev–Trinajstić information content (AvgIpc) is 2.45. The number of rotatable bonds is 4. The Kier molecular flexibility index (Phi) is 5.08. The molecule has 0 spiro atoms. The zero-order valence-corrected chi connectivity index (χ0v) is 13.8. The lowest BCUT2D eigenvalue weighted by atomic mass is 9.99. The van der Waals surface area contributed by atoms with E-state index in [1.807, 2.05) is 31.2 Å². The standard InChI is InChI=1S/C15H23N3O3S/c1-12-4-3-5-13(10-12)18-14(16)17-11-15(22(2,19)20)6-8-21-9-7-15/h3-5,10H,6-9,11H2,1-2H3,(H3,16,17,18). The van der Waals surface area contributed by atoms with E-state index in [4.69, 9.17) is 10.5 Å². The third-order valence-corrected chi connectivity index (χ3v) is 6.13. The Bertz CT molecular complexity index is 650. The molecule has 1 aliphatic heterocycles. The molecule has 0 aromatic heterocycles. The van der Waals surface area contributed by atoms with Gasteiger partial charge in [-0.15, -0.1) is 0 Å². The highest BCUT2D eigenvalue weighted by molar-refractivity contribution is 7.92. The number of ether oxygens (including phenoxy) is 1. The molecule has 0 aliphatic carbocycles. The van der Waals surface area contributed by atoms with Crippen molar-refractivity contribution in [2.45, 2.75) is 24.5 Å². The van der Waals surface area contributed by atoms with Crippen molar-refractivity contribution < 1.29 is 13.2 Å². The van der Waals surface area contributed by atoms with Gasteiger partial charge in [0.2, 0.25) is 0 Å². The molecule has 1 aromatic carbocycles. The Balaban J connectivity index is 2.10. The molecule has 0 amide bonds. The molecule has 0 atom stereocenters. The molecule has 1 heterocycles. The lowest BCUT2D eigenvalue weighted by Crippen LogP contribution is -2.46. The molecule has 22 heavy (non-hydrogen) atoms. The normalized spacial score (nSPS) is 18.9. The SMILES string of the molecule is Cc1cccc(NC(N)=NCC2(S(C)(=O)=O)CCOCC2)c1. The molecule has 1 fully saturated rings. The maximum atomic E-state index is 12.1. The van der Waals surface area contributed by atoms with E-state index in [0.29, 0.717) is 26.1 Å². The van der Waals surface area contributed by atoms with Gasteiger partial charge in [-0.05, 0) is 37.5 Å². The Morgan fingerprint density at radius 1 is 1.41 bits per heavy atom. The molecule has 122 valence electrons. The second-order valence-corrected chi connectivity index (χ2v) is 8.17. The van der Waals surface area contributed by atoms with Crippen molar-refractivity contribution in [3.63, 3.8) is 0 Å². The first-order valence-corrected chi connectivity index (χ1v) is 9.13. The van der Waals surface area contributed by atoms with Crippen LogP contribution in [0.3, 0.4) is 0 Å². The Morgan fingerprint density at radius 3 is 2.68 bits per heavy atom. The van der Waals surface area contributed by atoms with Crippen molar-refractivity contribution in [2.75, 3.05) is 31.3 Å². The lowest BCUT2D eigenvalue weighted by molar-refractivity contribution is 0.0768. The minimum absolute atomic E-state index is 0.153. The molecule has 1 aliphatic rings. The molecular weight excluding hydrogens is 302 g/mol. The maximum absolute atomic E-state index is 12.1. The van der Waals surface area contributed by atoms with Gasteiger partial charge in [0, 0.05) is 25.2 Å². The molecule has 1 saturated heterocycles. The molecule has 0 saturated carbocycles. The maximum Gasteiger partial charge on any atom is 0.193 e. The van der Waals surface area contributed by atoms with Crippen LogP contribution in [-0.2, 0) is 14.6 Å². The quantitative estimate of drug-likeness (QED) is 0.643. The van der Waals surface area contributed by atoms with Crippen molar-refractivity contribution in [1.82, 2.24) is 0 Å². The van der Waals surface area contributed by atoms with Gasteiger partial charge in [-0.1, -0.05) is 12.1 Å². The van der Waals surface area contributed by atoms with Crippen LogP contribution in [0.25, 0.3) is 0 Å². The number of hydrogen-bond acceptors (Lipinski definition) is 4. The third-order valence-electron chi connectivity index (χ3n) is 4.02. The Hall–Kier alpha value is -1.60. The van der Waals surface area contributed by atoms with Crippen LogP contribution in [0.4, 0.5) is 5.69 Å². The summed E-state index contributed by atoms with van der Waals surface area (Å²) in [5.41, 5.74) is 7.83. The van der Waals surface area contributed by atoms with Gasteiger partial charge in [0.05, 0.1) is 11.3 Å². The van der Waals surface area contributed by atoms with Crippen molar-refractivity contribution in [1.29, 1.82) is 0 Å². The smallest absolute Gasteiger partial charge is 0.193 e. The van der Waals surface area contributed by atoms with Crippen LogP contribution in [0, 0.1) is 6.92 Å². The first-order valence-electron chi connectivity index (χ1n) is 7.23. The second-order valence-electron chi connectivity index (χ2n) is 5.76. The van der Waals surface area contributed by atoms with Gasteiger partial charge in [0.25, 0.3) is 0 Å². The summed E-state index contributed by atoms with van der Waals surface area (Å²) in [6, 6.07) is 7.74. The van der Waals surface area contributed by atoms with Crippen LogP contribution in [0.5, 0.6) is 0 Å². The van der Waals surface area contributed by atoms with Gasteiger partial charge >= 0.3 is 0 Å². The summed E-state index contributed by atoms with van der Waals surface area (Å²) in [7, 11) is -3.23. The summed E-state index contributed by atoms with van der Waals surface area (Å²) in [4.78, 5) is 4.26. The van der Waals surface area contributed by atoms with Crippen LogP contribution in [0.2, 0.25) is 0 Å². The predicted molar refractivity (Wildman–Crippen MR) is 88.9 cm³/mol. The van der Waals surface area contributed by atoms with Crippen molar-refractivity contribution in [3.05, 3.63) is 29.8 Å². The van der Waals surface area contributed by atoms with E-state index in [-0.39, 0.29) is 12.5 Å². The first kappa shape index (κ1) is 16.8. The van der Waals surface area contributed by atoms with Crippen molar-refractivity contribution in [2.24, 2.45) is 10.7 Å². The van der Waals surface area contributed by atoms with E-state index in [1.54, 1.807) is 0 Å². The molecule has 3 N–H and O–H groups in total. The van der Waals surface area contributed by atoms with E-state index in [1.165, 1.54) is 6.26 Å². The van der Waals surface area contributed by atoms with Crippen LogP contribution in [-0.4, -0.2) is 45.1 Å². The molecule has 6 nitrogen and oxygen atoms in total. The zero-order valence-electron chi connectivity index (χ0n) is 13.0. The number of nitrogens with one attached hydrogen (secondary N) is 1. The number of aliphatic imine (C=N–C) groups is 1. The number of benzene rings is 1. The van der Waals surface area contributed by atoms with Crippen molar-refractivity contribution >= 4 is 21.5 Å². The van der Waals surface area contributed by atoms with Crippen LogP contribution >= 0.6 is 0 Å². The van der Waals surface area contributed by atoms with E-state index < -0.39 is 14.6 Å². The number of hydrogen-bond donors (Lipinski definition) is 2. The fourth-order valence-corrected chi connectivity index (χ4v) is 3.74. The lowest BCUT2D eigenvalue weighted by Gasteiger charge is -2.34. The highest BCUT2D eigenvalue weighted by Gasteiger charge is 2.42. The number of aryl methyl sites for hydroxylation is 1. The molecule has 0 unspecified atom stereocenters. The van der Waals surface area contributed by atoms with Gasteiger partial charge in [-0.3, -0.25) is 4.99 Å². The molecular formula is C15H23N3O3S. The highest BCUT2D eigenvalue weighted by atomic mass is 32.2. The summed E-state index contributed by atoms with van der Waals surface area (Å²) in [6.07, 6.45) is 2.16. The largest absolute Gasteiger partial charge is 0.381 e. The summed E-state index contributed by atoms with van der Waals surface area (Å²) in [6.45, 7) is 3.01. The van der Waals surface area contributed by atoms with E-state index >= 15 is 0 Å². The van der Waals surface area contributed by atoms with E-state index in [2.05, 4.69) is 10.3 Å². The van der Waals surface area contributed by atoms with E-state index in [9.17, 15) is 8.42 Å². The number of nitrogens with zero attached hydrogens (tertiary/aromatic N) is 1. The molecule has 0 bridgehead atoms. The van der Waals surface area contributed by atoms with Crippen LogP contribution in [0.15, 0.2) is 29.3 Å². The highest BCUT2D eigenvalue weighted by Crippen LogP contribution is 2.29. The monoisotopic (exact) mass is 325 g/mol. The minimum Gasteiger partial charge on any atom is -0.381 e. The van der Waals surface area contributed by atoms with Crippen LogP contribution < -0.4 is 11.1 Å². The van der Waals surface area contributed by atoms with Gasteiger partial charge in [0.15, 0.2) is 15.8 Å². The number of nitrogens with two attached hydrogens (primary N) is 1. The zero-order chi connectivity index (χ0) is 16.2. The van der Waals surface area contributed by atoms with E-state index in [0.717, 1.165) is 11.3 Å². The topological polar surface area (TPSA) is 93.8 Å². The minimum atomic E-state index is -3.23. The molecule has 0 radical (unpaired) electrons. The average molecular weight is 325 g/mol.